The summed E-state index contributed by atoms with van der Waals surface area (Å²) in [5, 5.41) is 13.0. The average Bonchev–Trinajstić information content (AvgIpc) is 3.37. The van der Waals surface area contributed by atoms with Gasteiger partial charge in [-0.3, -0.25) is 14.9 Å². The third-order valence-electron chi connectivity index (χ3n) is 5.09. The highest BCUT2D eigenvalue weighted by atomic mass is 16.2. The van der Waals surface area contributed by atoms with Gasteiger partial charge >= 0.3 is 0 Å². The molecule has 1 atom stereocenters. The Morgan fingerprint density at radius 2 is 1.76 bits per heavy atom. The molecule has 5 N–H and O–H groups in total. The topological polar surface area (TPSA) is 139 Å². The third kappa shape index (κ3) is 4.27. The van der Waals surface area contributed by atoms with Gasteiger partial charge in [0.25, 0.3) is 5.91 Å². The monoisotopic (exact) mass is 440 g/mol. The highest BCUT2D eigenvalue weighted by molar-refractivity contribution is 6.15. The van der Waals surface area contributed by atoms with Gasteiger partial charge in [-0.1, -0.05) is 48.5 Å². The summed E-state index contributed by atoms with van der Waals surface area (Å²) < 4.78 is 1.54. The van der Waals surface area contributed by atoms with E-state index >= 15 is 0 Å². The van der Waals surface area contributed by atoms with E-state index in [1.54, 1.807) is 12.3 Å². The van der Waals surface area contributed by atoms with E-state index in [1.807, 2.05) is 60.7 Å². The molecule has 164 valence electrons. The lowest BCUT2D eigenvalue weighted by Gasteiger charge is -2.15. The molecule has 3 heterocycles. The molecule has 2 amide bonds. The van der Waals surface area contributed by atoms with Crippen LogP contribution in [0.5, 0.6) is 0 Å². The van der Waals surface area contributed by atoms with E-state index in [4.69, 9.17) is 5.73 Å². The number of nitrogens with two attached hydrogens (primary N) is 1. The molecule has 0 aliphatic carbocycles. The quantitative estimate of drug-likeness (QED) is 0.204. The average molecular weight is 440 g/mol. The highest BCUT2D eigenvalue weighted by Gasteiger charge is 2.24. The molecule has 1 aliphatic heterocycles. The molecule has 33 heavy (non-hydrogen) atoms. The van der Waals surface area contributed by atoms with E-state index in [0.29, 0.717) is 22.7 Å². The largest absolute Gasteiger partial charge is 0.335 e. The van der Waals surface area contributed by atoms with Crippen molar-refractivity contribution in [1.29, 1.82) is 0 Å². The van der Waals surface area contributed by atoms with Crippen LogP contribution >= 0.6 is 0 Å². The van der Waals surface area contributed by atoms with E-state index < -0.39 is 12.1 Å². The third-order valence-corrected chi connectivity index (χ3v) is 5.09. The molecule has 1 saturated heterocycles. The Hall–Kier alpha value is -4.57. The van der Waals surface area contributed by atoms with Crippen LogP contribution < -0.4 is 21.7 Å². The zero-order valence-electron chi connectivity index (χ0n) is 17.4. The minimum absolute atomic E-state index is 0.0143. The summed E-state index contributed by atoms with van der Waals surface area (Å²) in [5.74, 6) is -0.0598. The molecule has 0 bridgehead atoms. The first-order valence-corrected chi connectivity index (χ1v) is 10.3. The van der Waals surface area contributed by atoms with Gasteiger partial charge in [-0.05, 0) is 23.8 Å². The van der Waals surface area contributed by atoms with Crippen LogP contribution in [-0.4, -0.2) is 31.4 Å². The van der Waals surface area contributed by atoms with Crippen LogP contribution in [-0.2, 0) is 9.59 Å². The number of amides is 2. The standard InChI is InChI=1S/C23H20N8O2/c24-19(14-7-3-1-4-8-14)28-22-29-20-16(11-15-12-18(32)27-21(15)33)13-25-31(20)23(30-22)26-17-9-5-2-6-10-17/h1-11,13,19H,12,24H2,(H,27,32,33)(H2,26,28,29,30)/b15-11+. The van der Waals surface area contributed by atoms with Crippen LogP contribution in [0.2, 0.25) is 0 Å². The predicted octanol–water partition coefficient (Wildman–Crippen LogP) is 2.37. The molecule has 1 fully saturated rings. The number of anilines is 3. The van der Waals surface area contributed by atoms with Crippen molar-refractivity contribution >= 4 is 41.1 Å². The minimum atomic E-state index is -0.541. The van der Waals surface area contributed by atoms with Crippen LogP contribution in [0.15, 0.2) is 72.4 Å². The van der Waals surface area contributed by atoms with Crippen LogP contribution in [0.1, 0.15) is 23.7 Å². The number of nitrogens with one attached hydrogen (secondary N) is 3. The summed E-state index contributed by atoms with van der Waals surface area (Å²) in [6.07, 6.45) is 2.66. The Morgan fingerprint density at radius 1 is 1.03 bits per heavy atom. The van der Waals surface area contributed by atoms with E-state index in [9.17, 15) is 9.59 Å². The van der Waals surface area contributed by atoms with E-state index in [0.717, 1.165) is 11.3 Å². The van der Waals surface area contributed by atoms with Gasteiger partial charge in [-0.15, -0.1) is 0 Å². The normalized spacial score (nSPS) is 15.6. The molecule has 10 nitrogen and oxygen atoms in total. The van der Waals surface area contributed by atoms with Crippen molar-refractivity contribution in [3.05, 3.63) is 83.6 Å². The number of rotatable bonds is 6. The van der Waals surface area contributed by atoms with Crippen molar-refractivity contribution in [3.8, 4) is 0 Å². The maximum Gasteiger partial charge on any atom is 0.254 e. The van der Waals surface area contributed by atoms with Gasteiger partial charge in [0.15, 0.2) is 5.65 Å². The van der Waals surface area contributed by atoms with Crippen molar-refractivity contribution < 1.29 is 9.59 Å². The Bertz CT molecular complexity index is 1370. The van der Waals surface area contributed by atoms with Crippen molar-refractivity contribution in [1.82, 2.24) is 24.9 Å². The second-order valence-corrected chi connectivity index (χ2v) is 7.45. The lowest BCUT2D eigenvalue weighted by Crippen LogP contribution is -2.22. The summed E-state index contributed by atoms with van der Waals surface area (Å²) in [6, 6.07) is 19.1. The van der Waals surface area contributed by atoms with Gasteiger partial charge in [0.1, 0.15) is 6.17 Å². The second-order valence-electron chi connectivity index (χ2n) is 7.45. The van der Waals surface area contributed by atoms with Crippen LogP contribution in [0.25, 0.3) is 11.7 Å². The molecule has 1 aliphatic rings. The molecule has 0 radical (unpaired) electrons. The smallest absolute Gasteiger partial charge is 0.254 e. The number of para-hydroxylation sites is 1. The number of hydrogen-bond acceptors (Lipinski definition) is 8. The Kier molecular flexibility index (Phi) is 5.25. The highest BCUT2D eigenvalue weighted by Crippen LogP contribution is 2.23. The SMILES string of the molecule is NC(Nc1nc(Nc2ccccc2)n2ncc(/C=C3\CC(=O)NC3=O)c2n1)c1ccccc1. The van der Waals surface area contributed by atoms with E-state index in [2.05, 4.69) is 31.0 Å². The fraction of sp³-hybridized carbons (Fsp3) is 0.0870. The minimum Gasteiger partial charge on any atom is -0.335 e. The Morgan fingerprint density at radius 3 is 2.45 bits per heavy atom. The van der Waals surface area contributed by atoms with Gasteiger partial charge in [0.2, 0.25) is 17.8 Å². The molecular formula is C23H20N8O2. The predicted molar refractivity (Wildman–Crippen MR) is 123 cm³/mol. The lowest BCUT2D eigenvalue weighted by atomic mass is 10.1. The number of imide groups is 1. The molecule has 2 aromatic heterocycles. The molecule has 4 aromatic rings. The molecule has 1 unspecified atom stereocenters. The van der Waals surface area contributed by atoms with Gasteiger partial charge in [-0.25, -0.2) is 0 Å². The number of benzene rings is 2. The van der Waals surface area contributed by atoms with Crippen LogP contribution in [0.3, 0.4) is 0 Å². The number of aromatic nitrogens is 4. The van der Waals surface area contributed by atoms with Gasteiger partial charge < -0.3 is 16.4 Å². The fourth-order valence-corrected chi connectivity index (χ4v) is 3.48. The zero-order chi connectivity index (χ0) is 22.8. The number of nitrogens with zero attached hydrogens (tertiary/aromatic N) is 4. The number of carbonyl (C=O) groups excluding carboxylic acids is 2. The van der Waals surface area contributed by atoms with Crippen molar-refractivity contribution in [2.75, 3.05) is 10.6 Å². The van der Waals surface area contributed by atoms with E-state index in [1.165, 1.54) is 4.52 Å². The summed E-state index contributed by atoms with van der Waals surface area (Å²) in [4.78, 5) is 32.7. The van der Waals surface area contributed by atoms with Crippen LogP contribution in [0, 0.1) is 0 Å². The molecule has 0 saturated carbocycles. The van der Waals surface area contributed by atoms with Crippen molar-refractivity contribution in [3.63, 3.8) is 0 Å². The summed E-state index contributed by atoms with van der Waals surface area (Å²) in [7, 11) is 0. The van der Waals surface area contributed by atoms with Crippen LogP contribution in [0.4, 0.5) is 17.6 Å². The molecule has 0 spiro atoms. The first-order chi connectivity index (χ1) is 16.1. The Labute approximate surface area is 188 Å². The first-order valence-electron chi connectivity index (χ1n) is 10.3. The van der Waals surface area contributed by atoms with E-state index in [-0.39, 0.29) is 18.3 Å². The maximum absolute atomic E-state index is 12.0. The van der Waals surface area contributed by atoms with Gasteiger partial charge in [-0.2, -0.15) is 19.6 Å². The molecule has 2 aromatic carbocycles. The molecule has 10 heteroatoms. The molecular weight excluding hydrogens is 420 g/mol. The Balaban J connectivity index is 1.57. The molecule has 5 rings (SSSR count). The number of hydrogen-bond donors (Lipinski definition) is 4. The van der Waals surface area contributed by atoms with Gasteiger partial charge in [0.05, 0.1) is 12.6 Å². The lowest BCUT2D eigenvalue weighted by molar-refractivity contribution is -0.124. The van der Waals surface area contributed by atoms with Crippen molar-refractivity contribution in [2.24, 2.45) is 5.73 Å². The number of carbonyl (C=O) groups is 2. The maximum atomic E-state index is 12.0. The first kappa shape index (κ1) is 20.3. The van der Waals surface area contributed by atoms with Crippen molar-refractivity contribution in [2.45, 2.75) is 12.6 Å². The summed E-state index contributed by atoms with van der Waals surface area (Å²) in [6.45, 7) is 0. The summed E-state index contributed by atoms with van der Waals surface area (Å²) in [5.41, 5.74) is 9.37. The zero-order valence-corrected chi connectivity index (χ0v) is 17.4. The second kappa shape index (κ2) is 8.52. The summed E-state index contributed by atoms with van der Waals surface area (Å²) >= 11 is 0. The number of fused-ring (bicyclic) bond motifs is 1. The fourth-order valence-electron chi connectivity index (χ4n) is 3.48. The van der Waals surface area contributed by atoms with Gasteiger partial charge in [0, 0.05) is 16.8 Å².